The molecular weight excluding hydrogens is 705 g/mol. The highest BCUT2D eigenvalue weighted by Crippen LogP contribution is 2.42. The third-order valence-corrected chi connectivity index (χ3v) is 8.68. The van der Waals surface area contributed by atoms with Gasteiger partial charge in [0.05, 0.1) is 41.3 Å². The maximum Gasteiger partial charge on any atom is 0.433 e. The molecule has 18 heteroatoms. The number of hydrogen-bond acceptors (Lipinski definition) is 9. The van der Waals surface area contributed by atoms with Gasteiger partial charge >= 0.3 is 12.4 Å². The van der Waals surface area contributed by atoms with E-state index < -0.39 is 75.6 Å². The highest BCUT2D eigenvalue weighted by molar-refractivity contribution is 6.06. The van der Waals surface area contributed by atoms with Crippen LogP contribution in [0.5, 0.6) is 5.75 Å². The summed E-state index contributed by atoms with van der Waals surface area (Å²) in [5.41, 5.74) is 1.86. The van der Waals surface area contributed by atoms with Crippen LogP contribution in [-0.2, 0) is 33.1 Å². The summed E-state index contributed by atoms with van der Waals surface area (Å²) >= 11 is 0. The predicted octanol–water partition coefficient (Wildman–Crippen LogP) is 5.88. The number of nitrogens with two attached hydrogens (primary N) is 1. The van der Waals surface area contributed by atoms with E-state index in [2.05, 4.69) is 20.7 Å². The molecule has 3 aromatic rings. The second-order valence-corrected chi connectivity index (χ2v) is 12.0. The number of carbonyl (C=O) groups excluding carboxylic acids is 2. The number of anilines is 1. The Balaban J connectivity index is 1.82. The molecule has 282 valence electrons. The van der Waals surface area contributed by atoms with Crippen molar-refractivity contribution in [3.05, 3.63) is 82.3 Å². The van der Waals surface area contributed by atoms with Gasteiger partial charge in [-0.1, -0.05) is 18.9 Å². The van der Waals surface area contributed by atoms with Crippen molar-refractivity contribution in [2.24, 2.45) is 5.73 Å². The predicted molar refractivity (Wildman–Crippen MR) is 174 cm³/mol. The molecule has 1 fully saturated rings. The summed E-state index contributed by atoms with van der Waals surface area (Å²) in [6.45, 7) is 2.31. The number of likely N-dealkylation sites (N-methyl/N-ethyl adjacent to an activating group) is 1. The Morgan fingerprint density at radius 3 is 2.38 bits per heavy atom. The number of aliphatic hydroxyl groups excluding tert-OH is 1. The van der Waals surface area contributed by atoms with Crippen molar-refractivity contribution >= 4 is 18.0 Å². The minimum absolute atomic E-state index is 0.0696. The first-order chi connectivity index (χ1) is 24.5. The first-order valence-corrected chi connectivity index (χ1v) is 16.0. The zero-order valence-corrected chi connectivity index (χ0v) is 28.1. The molecule has 1 heterocycles. The number of halogens is 7. The van der Waals surface area contributed by atoms with E-state index in [0.717, 1.165) is 6.07 Å². The Labute approximate surface area is 294 Å². The number of carbonyl (C=O) groups is 2. The average Bonchev–Trinajstić information content (AvgIpc) is 3.60. The lowest BCUT2D eigenvalue weighted by atomic mass is 9.88. The summed E-state index contributed by atoms with van der Waals surface area (Å²) in [7, 11) is 1.46. The molecule has 0 bridgehead atoms. The van der Waals surface area contributed by atoms with Crippen molar-refractivity contribution < 1.29 is 54.9 Å². The summed E-state index contributed by atoms with van der Waals surface area (Å²) < 4.78 is 109. The number of aromatic nitrogens is 2. The van der Waals surface area contributed by atoms with Crippen LogP contribution >= 0.6 is 0 Å². The molecule has 11 nitrogen and oxygen atoms in total. The molecule has 4 rings (SSSR count). The molecule has 52 heavy (non-hydrogen) atoms. The van der Waals surface area contributed by atoms with Gasteiger partial charge in [0.15, 0.2) is 0 Å². The number of benzene rings is 2. The van der Waals surface area contributed by atoms with Crippen molar-refractivity contribution in [1.82, 2.24) is 20.4 Å². The van der Waals surface area contributed by atoms with Crippen LogP contribution in [0.3, 0.4) is 0 Å². The van der Waals surface area contributed by atoms with E-state index in [4.69, 9.17) is 15.2 Å². The average molecular weight is 743 g/mol. The Kier molecular flexibility index (Phi) is 12.8. The van der Waals surface area contributed by atoms with Gasteiger partial charge in [-0.3, -0.25) is 15.0 Å². The minimum atomic E-state index is -4.97. The highest BCUT2D eigenvalue weighted by atomic mass is 19.4. The molecule has 0 saturated heterocycles. The van der Waals surface area contributed by atoms with Gasteiger partial charge in [-0.05, 0) is 55.7 Å². The fourth-order valence-electron chi connectivity index (χ4n) is 5.95. The number of amides is 2. The normalized spacial score (nSPS) is 15.0. The number of aliphatic hydroxyl groups is 1. The summed E-state index contributed by atoms with van der Waals surface area (Å²) in [5.74, 6) is -2.27. The number of nitrogens with zero attached hydrogens (tertiary/aromatic N) is 3. The lowest BCUT2D eigenvalue weighted by molar-refractivity contribution is -0.141. The van der Waals surface area contributed by atoms with Crippen LogP contribution in [0, 0.1) is 12.7 Å². The topological polar surface area (TPSA) is 152 Å². The van der Waals surface area contributed by atoms with Crippen LogP contribution in [-0.4, -0.2) is 71.4 Å². The molecule has 0 atom stereocenters. The minimum Gasteiger partial charge on any atom is -0.510 e. The van der Waals surface area contributed by atoms with E-state index in [1.807, 2.05) is 0 Å². The van der Waals surface area contributed by atoms with Crippen LogP contribution < -0.4 is 21.2 Å². The molecule has 0 radical (unpaired) electrons. The van der Waals surface area contributed by atoms with Crippen molar-refractivity contribution in [2.75, 3.05) is 38.7 Å². The van der Waals surface area contributed by atoms with Gasteiger partial charge in [0.2, 0.25) is 6.41 Å². The van der Waals surface area contributed by atoms with Gasteiger partial charge < -0.3 is 25.6 Å². The summed E-state index contributed by atoms with van der Waals surface area (Å²) in [6.07, 6.45) is -7.93. The van der Waals surface area contributed by atoms with Crippen molar-refractivity contribution in [1.29, 1.82) is 0 Å². The number of hydrogen-bond donors (Lipinski definition) is 4. The Bertz CT molecular complexity index is 1780. The van der Waals surface area contributed by atoms with Crippen LogP contribution in [0.2, 0.25) is 0 Å². The zero-order chi connectivity index (χ0) is 38.3. The van der Waals surface area contributed by atoms with Crippen LogP contribution in [0.1, 0.15) is 48.1 Å². The molecule has 1 aliphatic carbocycles. The second kappa shape index (κ2) is 16.7. The molecule has 1 aromatic heterocycles. The first-order valence-electron chi connectivity index (χ1n) is 16.0. The Morgan fingerprint density at radius 1 is 1.04 bits per heavy atom. The molecule has 2 amide bonds. The maximum atomic E-state index is 15.9. The number of nitrogens with one attached hydrogen (secondary N) is 2. The lowest BCUT2D eigenvalue weighted by Crippen LogP contribution is -2.53. The highest BCUT2D eigenvalue weighted by Gasteiger charge is 2.45. The van der Waals surface area contributed by atoms with E-state index >= 15 is 4.39 Å². The number of rotatable bonds is 15. The van der Waals surface area contributed by atoms with Crippen molar-refractivity contribution in [2.45, 2.75) is 56.9 Å². The van der Waals surface area contributed by atoms with E-state index in [9.17, 15) is 41.0 Å². The lowest BCUT2D eigenvalue weighted by Gasteiger charge is -2.38. The molecule has 0 spiro atoms. The van der Waals surface area contributed by atoms with Gasteiger partial charge in [0, 0.05) is 31.1 Å². The monoisotopic (exact) mass is 742 g/mol. The molecule has 1 saturated carbocycles. The van der Waals surface area contributed by atoms with E-state index in [0.29, 0.717) is 56.9 Å². The molecule has 0 aliphatic heterocycles. The Morgan fingerprint density at radius 2 is 1.75 bits per heavy atom. The standard InChI is InChI=1S/C34H37F7N6O5/c1-20-27(52-14-13-51-12-11-42)8-5-21(29(20)35)15-24(30(49)32(9-3-4-10-32)47(2)45-19-48)31(50)46-25-7-6-22(33(36,37)38)16-23(25)26-17-28(34(39,40)41)44-18-43-26/h5-8,16-19,49H,3-4,9-15,42H2,1-2H3,(H,45,48)(H,46,50)/b30-24-. The molecule has 5 N–H and O–H groups in total. The smallest absolute Gasteiger partial charge is 0.433 e. The van der Waals surface area contributed by atoms with Gasteiger partial charge in [0.25, 0.3) is 5.91 Å². The molecular formula is C34H37F7N6O5. The number of hydrazine groups is 1. The SMILES string of the molecule is Cc1c(OCCOCCN)ccc(C/C(C(=O)Nc2ccc(C(F)(F)F)cc2-c2cc(C(F)(F)F)ncn2)=C(/O)C2(N(C)NC=O)CCCC2)c1F. The van der Waals surface area contributed by atoms with Gasteiger partial charge in [0.1, 0.15) is 36.0 Å². The number of ether oxygens (including phenoxy) is 2. The van der Waals surface area contributed by atoms with Crippen molar-refractivity contribution in [3.63, 3.8) is 0 Å². The third-order valence-electron chi connectivity index (χ3n) is 8.68. The molecule has 1 aliphatic rings. The van der Waals surface area contributed by atoms with Crippen LogP contribution in [0.25, 0.3) is 11.3 Å². The summed E-state index contributed by atoms with van der Waals surface area (Å²) in [4.78, 5) is 32.5. The van der Waals surface area contributed by atoms with E-state index in [-0.39, 0.29) is 42.9 Å². The van der Waals surface area contributed by atoms with E-state index in [1.54, 1.807) is 0 Å². The molecule has 0 unspecified atom stereocenters. The van der Waals surface area contributed by atoms with Crippen LogP contribution in [0.15, 0.2) is 54.1 Å². The Hall–Kier alpha value is -4.81. The number of alkyl halides is 6. The van der Waals surface area contributed by atoms with Gasteiger partial charge in [-0.25, -0.2) is 19.4 Å². The van der Waals surface area contributed by atoms with E-state index in [1.165, 1.54) is 31.1 Å². The largest absolute Gasteiger partial charge is 0.510 e. The van der Waals surface area contributed by atoms with Gasteiger partial charge in [-0.2, -0.15) is 26.3 Å². The second-order valence-electron chi connectivity index (χ2n) is 12.0. The summed E-state index contributed by atoms with van der Waals surface area (Å²) in [6, 6.07) is 5.17. The molecule has 2 aromatic carbocycles. The third kappa shape index (κ3) is 9.15. The zero-order valence-electron chi connectivity index (χ0n) is 28.1. The fraction of sp³-hybridized carbons (Fsp3) is 0.412. The fourth-order valence-corrected chi connectivity index (χ4v) is 5.95. The van der Waals surface area contributed by atoms with Crippen LogP contribution in [0.4, 0.5) is 36.4 Å². The summed E-state index contributed by atoms with van der Waals surface area (Å²) in [5, 5.41) is 15.6. The maximum absolute atomic E-state index is 15.9. The van der Waals surface area contributed by atoms with Gasteiger partial charge in [-0.15, -0.1) is 0 Å². The van der Waals surface area contributed by atoms with Crippen molar-refractivity contribution in [3.8, 4) is 17.0 Å². The first kappa shape index (κ1) is 40.0. The quantitative estimate of drug-likeness (QED) is 0.0374.